The Balaban J connectivity index is 1.41. The molecule has 0 saturated heterocycles. The molecule has 5 atom stereocenters. The molecule has 1 heterocycles. The summed E-state index contributed by atoms with van der Waals surface area (Å²) >= 11 is 0. The lowest BCUT2D eigenvalue weighted by molar-refractivity contribution is 0.0304. The molecule has 2 aromatic rings. The largest absolute Gasteiger partial charge is 0.394 e. The molecule has 4 rings (SSSR count). The van der Waals surface area contributed by atoms with Crippen molar-refractivity contribution in [2.24, 2.45) is 12.8 Å². The topological polar surface area (TPSA) is 114 Å². The van der Waals surface area contributed by atoms with Gasteiger partial charge in [-0.15, -0.1) is 0 Å². The molecule has 2 aliphatic rings. The molecule has 30 heavy (non-hydrogen) atoms. The highest BCUT2D eigenvalue weighted by Gasteiger charge is 2.40. The van der Waals surface area contributed by atoms with E-state index in [1.807, 2.05) is 4.68 Å². The summed E-state index contributed by atoms with van der Waals surface area (Å²) in [5.41, 5.74) is 7.75. The maximum absolute atomic E-state index is 13.5. The number of hydrogen-bond donors (Lipinski definition) is 4. The standard InChI is InChI=1S/C20H28F2N6O2/c1-27-26-18(20(24)28(27)12-3-4-13(9-12)30-7-6-29)19(23)25-17-10-14(17)11-2-5-15(21)16(22)8-11/h2,5,8,12-14,17,19,24-25,29H,3-4,6-7,9-10,23H2,1H3. The van der Waals surface area contributed by atoms with E-state index in [4.69, 9.17) is 21.0 Å². The smallest absolute Gasteiger partial charge is 0.168 e. The fourth-order valence-electron chi connectivity index (χ4n) is 4.45. The average molecular weight is 422 g/mol. The van der Waals surface area contributed by atoms with Crippen molar-refractivity contribution < 1.29 is 18.6 Å². The minimum absolute atomic E-state index is 0.00110. The third kappa shape index (κ3) is 4.18. The Morgan fingerprint density at radius 3 is 2.87 bits per heavy atom. The zero-order valence-corrected chi connectivity index (χ0v) is 16.9. The van der Waals surface area contributed by atoms with E-state index < -0.39 is 17.8 Å². The lowest BCUT2D eigenvalue weighted by Crippen LogP contribution is -2.36. The quantitative estimate of drug-likeness (QED) is 0.477. The van der Waals surface area contributed by atoms with Crippen molar-refractivity contribution in [3.8, 4) is 0 Å². The predicted octanol–water partition coefficient (Wildman–Crippen LogP) is 1.18. The molecule has 5 unspecified atom stereocenters. The maximum Gasteiger partial charge on any atom is 0.168 e. The van der Waals surface area contributed by atoms with Crippen LogP contribution >= 0.6 is 0 Å². The predicted molar refractivity (Wildman–Crippen MR) is 104 cm³/mol. The van der Waals surface area contributed by atoms with E-state index in [1.54, 1.807) is 17.9 Å². The van der Waals surface area contributed by atoms with Gasteiger partial charge in [-0.3, -0.25) is 10.7 Å². The van der Waals surface area contributed by atoms with Gasteiger partial charge in [0.15, 0.2) is 17.1 Å². The van der Waals surface area contributed by atoms with Crippen LogP contribution in [0.5, 0.6) is 0 Å². The molecule has 164 valence electrons. The maximum atomic E-state index is 13.5. The highest BCUT2D eigenvalue weighted by molar-refractivity contribution is 5.29. The molecule has 0 amide bonds. The number of halogens is 2. The Kier molecular flexibility index (Phi) is 6.01. The molecule has 0 spiro atoms. The van der Waals surface area contributed by atoms with Gasteiger partial charge in [0.1, 0.15) is 11.9 Å². The Bertz CT molecular complexity index is 961. The van der Waals surface area contributed by atoms with E-state index in [2.05, 4.69) is 10.4 Å². The van der Waals surface area contributed by atoms with Crippen molar-refractivity contribution in [2.45, 2.75) is 56.0 Å². The molecule has 2 fully saturated rings. The number of aromatic nitrogens is 3. The third-order valence-corrected chi connectivity index (χ3v) is 6.03. The number of nitrogens with one attached hydrogen (secondary N) is 2. The van der Waals surface area contributed by atoms with E-state index in [9.17, 15) is 8.78 Å². The second-order valence-corrected chi connectivity index (χ2v) is 8.12. The van der Waals surface area contributed by atoms with Gasteiger partial charge in [-0.1, -0.05) is 6.07 Å². The van der Waals surface area contributed by atoms with E-state index >= 15 is 0 Å². The van der Waals surface area contributed by atoms with Crippen molar-refractivity contribution in [2.75, 3.05) is 13.2 Å². The van der Waals surface area contributed by atoms with E-state index in [0.29, 0.717) is 12.3 Å². The van der Waals surface area contributed by atoms with E-state index in [-0.39, 0.29) is 36.2 Å². The summed E-state index contributed by atoms with van der Waals surface area (Å²) in [5.74, 6) is -1.64. The summed E-state index contributed by atoms with van der Waals surface area (Å²) in [4.78, 5) is 1.65. The van der Waals surface area contributed by atoms with Crippen molar-refractivity contribution in [1.29, 1.82) is 5.41 Å². The van der Waals surface area contributed by atoms with Gasteiger partial charge < -0.3 is 15.6 Å². The monoisotopic (exact) mass is 422 g/mol. The second-order valence-electron chi connectivity index (χ2n) is 8.12. The first kappa shape index (κ1) is 21.1. The summed E-state index contributed by atoms with van der Waals surface area (Å²) in [6.07, 6.45) is 2.72. The number of ether oxygens (including phenoxy) is 1. The minimum Gasteiger partial charge on any atom is -0.394 e. The average Bonchev–Trinajstić information content (AvgIpc) is 3.20. The first-order valence-corrected chi connectivity index (χ1v) is 10.3. The van der Waals surface area contributed by atoms with E-state index in [1.165, 1.54) is 6.07 Å². The van der Waals surface area contributed by atoms with Gasteiger partial charge >= 0.3 is 0 Å². The molecule has 2 aliphatic carbocycles. The first-order chi connectivity index (χ1) is 14.4. The van der Waals surface area contributed by atoms with Crippen LogP contribution in [0, 0.1) is 17.0 Å². The number of aryl methyl sites for hydroxylation is 1. The lowest BCUT2D eigenvalue weighted by atomic mass is 10.1. The molecule has 1 aromatic heterocycles. The summed E-state index contributed by atoms with van der Waals surface area (Å²) in [7, 11) is 1.79. The van der Waals surface area contributed by atoms with E-state index in [0.717, 1.165) is 37.3 Å². The van der Waals surface area contributed by atoms with Crippen LogP contribution in [-0.4, -0.2) is 45.0 Å². The van der Waals surface area contributed by atoms with Crippen LogP contribution in [0.15, 0.2) is 18.2 Å². The fourth-order valence-corrected chi connectivity index (χ4v) is 4.45. The summed E-state index contributed by atoms with van der Waals surface area (Å²) < 4.78 is 34.1. The van der Waals surface area contributed by atoms with Gasteiger partial charge in [-0.05, 0) is 43.4 Å². The molecule has 1 aromatic carbocycles. The van der Waals surface area contributed by atoms with Gasteiger partial charge in [0.2, 0.25) is 0 Å². The number of rotatable bonds is 8. The van der Waals surface area contributed by atoms with Crippen LogP contribution in [-0.2, 0) is 11.8 Å². The zero-order valence-electron chi connectivity index (χ0n) is 16.9. The highest BCUT2D eigenvalue weighted by Crippen LogP contribution is 2.42. The SMILES string of the molecule is Cn1nc(C(N)NC2CC2c2ccc(F)c(F)c2)c(=N)n1C1CCC(OCCO)C1. The Labute approximate surface area is 173 Å². The summed E-state index contributed by atoms with van der Waals surface area (Å²) in [6.45, 7) is 0.322. The first-order valence-electron chi connectivity index (χ1n) is 10.3. The Morgan fingerprint density at radius 1 is 1.33 bits per heavy atom. The molecular weight excluding hydrogens is 394 g/mol. The van der Waals surface area contributed by atoms with Crippen LogP contribution in [0.4, 0.5) is 8.78 Å². The molecule has 2 saturated carbocycles. The van der Waals surface area contributed by atoms with Crippen molar-refractivity contribution >= 4 is 0 Å². The summed E-state index contributed by atoms with van der Waals surface area (Å²) in [6, 6.07) is 4.09. The third-order valence-electron chi connectivity index (χ3n) is 6.03. The molecule has 10 heteroatoms. The number of nitrogens with zero attached hydrogens (tertiary/aromatic N) is 3. The van der Waals surface area contributed by atoms with Crippen LogP contribution < -0.4 is 16.5 Å². The lowest BCUT2D eigenvalue weighted by Gasteiger charge is -2.15. The van der Waals surface area contributed by atoms with Gasteiger partial charge in [0.25, 0.3) is 0 Å². The fraction of sp³-hybridized carbons (Fsp3) is 0.600. The van der Waals surface area contributed by atoms with Crippen molar-refractivity contribution in [1.82, 2.24) is 19.9 Å². The van der Waals surface area contributed by atoms with Crippen LogP contribution in [0.1, 0.15) is 55.1 Å². The normalized spacial score (nSPS) is 26.8. The molecule has 0 radical (unpaired) electrons. The van der Waals surface area contributed by atoms with Gasteiger partial charge in [0, 0.05) is 19.0 Å². The molecule has 8 nitrogen and oxygen atoms in total. The summed E-state index contributed by atoms with van der Waals surface area (Å²) in [5, 5.41) is 25.2. The molecule has 5 N–H and O–H groups in total. The zero-order chi connectivity index (χ0) is 21.4. The van der Waals surface area contributed by atoms with Gasteiger partial charge in [-0.2, -0.15) is 5.10 Å². The molecule has 0 aliphatic heterocycles. The molecular formula is C20H28F2N6O2. The van der Waals surface area contributed by atoms with Crippen LogP contribution in [0.25, 0.3) is 0 Å². The van der Waals surface area contributed by atoms with Gasteiger partial charge in [0.05, 0.1) is 25.4 Å². The minimum atomic E-state index is -0.853. The van der Waals surface area contributed by atoms with Crippen LogP contribution in [0.2, 0.25) is 0 Å². The van der Waals surface area contributed by atoms with Crippen molar-refractivity contribution in [3.05, 3.63) is 46.6 Å². The Morgan fingerprint density at radius 2 is 2.13 bits per heavy atom. The molecule has 0 bridgehead atoms. The van der Waals surface area contributed by atoms with Crippen LogP contribution in [0.3, 0.4) is 0 Å². The second kappa shape index (κ2) is 8.54. The van der Waals surface area contributed by atoms with Gasteiger partial charge in [-0.25, -0.2) is 18.3 Å². The number of hydrogen-bond acceptors (Lipinski definition) is 6. The number of aliphatic hydroxyl groups excluding tert-OH is 1. The Hall–Kier alpha value is -2.14. The number of benzene rings is 1. The highest BCUT2D eigenvalue weighted by atomic mass is 19.2. The number of nitrogens with two attached hydrogens (primary N) is 1. The number of aliphatic hydroxyl groups is 1. The van der Waals surface area contributed by atoms with Crippen molar-refractivity contribution in [3.63, 3.8) is 0 Å².